The van der Waals surface area contributed by atoms with Crippen molar-refractivity contribution in [2.45, 2.75) is 38.6 Å². The number of benzene rings is 2. The molecule has 0 radical (unpaired) electrons. The van der Waals surface area contributed by atoms with E-state index in [9.17, 15) is 0 Å². The first kappa shape index (κ1) is 14.9. The van der Waals surface area contributed by atoms with Gasteiger partial charge in [-0.3, -0.25) is 0 Å². The van der Waals surface area contributed by atoms with Crippen LogP contribution < -0.4 is 5.32 Å². The van der Waals surface area contributed by atoms with E-state index in [-0.39, 0.29) is 6.04 Å². The monoisotopic (exact) mass is 363 g/mol. The second-order valence-corrected chi connectivity index (χ2v) is 6.99. The van der Waals surface area contributed by atoms with Gasteiger partial charge in [-0.05, 0) is 83.4 Å². The number of fused-ring (bicyclic) bond motifs is 1. The molecule has 1 N–H and O–H groups in total. The molecular formula is C18H19BrClN. The molecule has 1 aliphatic rings. The third kappa shape index (κ3) is 3.44. The van der Waals surface area contributed by atoms with Crippen molar-refractivity contribution in [3.05, 3.63) is 62.6 Å². The standard InChI is InChI=1S/C18H19BrClN/c1-12(21-16-8-9-18(20)17(19)11-16)14-7-6-13-4-2-3-5-15(13)10-14/h6-12,21H,2-5H2,1H3. The summed E-state index contributed by atoms with van der Waals surface area (Å²) in [5.74, 6) is 0. The van der Waals surface area contributed by atoms with Crippen molar-refractivity contribution in [1.82, 2.24) is 0 Å². The first-order chi connectivity index (χ1) is 10.1. The third-order valence-corrected chi connectivity index (χ3v) is 5.39. The van der Waals surface area contributed by atoms with E-state index in [1.54, 1.807) is 0 Å². The Morgan fingerprint density at radius 1 is 1.05 bits per heavy atom. The molecule has 0 spiro atoms. The van der Waals surface area contributed by atoms with E-state index in [0.717, 1.165) is 15.2 Å². The zero-order chi connectivity index (χ0) is 14.8. The van der Waals surface area contributed by atoms with Crippen LogP contribution in [0.15, 0.2) is 40.9 Å². The van der Waals surface area contributed by atoms with Crippen LogP contribution in [-0.4, -0.2) is 0 Å². The minimum absolute atomic E-state index is 0.283. The van der Waals surface area contributed by atoms with Gasteiger partial charge in [-0.2, -0.15) is 0 Å². The average Bonchev–Trinajstić information content (AvgIpc) is 2.50. The van der Waals surface area contributed by atoms with Gasteiger partial charge in [-0.25, -0.2) is 0 Å². The van der Waals surface area contributed by atoms with Crippen molar-refractivity contribution in [1.29, 1.82) is 0 Å². The highest BCUT2D eigenvalue weighted by molar-refractivity contribution is 9.10. The molecule has 1 unspecified atom stereocenters. The molecule has 0 saturated heterocycles. The van der Waals surface area contributed by atoms with Crippen LogP contribution in [0.2, 0.25) is 5.02 Å². The Morgan fingerprint density at radius 3 is 2.57 bits per heavy atom. The molecule has 0 saturated carbocycles. The van der Waals surface area contributed by atoms with Crippen molar-refractivity contribution >= 4 is 33.2 Å². The van der Waals surface area contributed by atoms with E-state index in [1.165, 1.54) is 42.4 Å². The van der Waals surface area contributed by atoms with Crippen LogP contribution >= 0.6 is 27.5 Å². The average molecular weight is 365 g/mol. The van der Waals surface area contributed by atoms with Crippen molar-refractivity contribution in [2.75, 3.05) is 5.32 Å². The molecule has 0 amide bonds. The molecule has 1 aliphatic carbocycles. The summed E-state index contributed by atoms with van der Waals surface area (Å²) in [4.78, 5) is 0. The summed E-state index contributed by atoms with van der Waals surface area (Å²) in [7, 11) is 0. The molecule has 0 bridgehead atoms. The van der Waals surface area contributed by atoms with Gasteiger partial charge in [0.05, 0.1) is 5.02 Å². The van der Waals surface area contributed by atoms with Gasteiger partial charge in [-0.15, -0.1) is 0 Å². The van der Waals surface area contributed by atoms with Gasteiger partial charge in [0.15, 0.2) is 0 Å². The lowest BCUT2D eigenvalue weighted by Gasteiger charge is -2.21. The Labute approximate surface area is 139 Å². The predicted molar refractivity (Wildman–Crippen MR) is 94.3 cm³/mol. The summed E-state index contributed by atoms with van der Waals surface area (Å²) in [5, 5.41) is 4.28. The fourth-order valence-electron chi connectivity index (χ4n) is 2.94. The van der Waals surface area contributed by atoms with Crippen molar-refractivity contribution in [3.63, 3.8) is 0 Å². The van der Waals surface area contributed by atoms with Gasteiger partial charge in [0, 0.05) is 16.2 Å². The molecule has 3 rings (SSSR count). The molecule has 110 valence electrons. The first-order valence-electron chi connectivity index (χ1n) is 7.47. The quantitative estimate of drug-likeness (QED) is 0.688. The highest BCUT2D eigenvalue weighted by atomic mass is 79.9. The second kappa shape index (κ2) is 6.41. The number of aryl methyl sites for hydroxylation is 2. The topological polar surface area (TPSA) is 12.0 Å². The van der Waals surface area contributed by atoms with Crippen molar-refractivity contribution < 1.29 is 0 Å². The molecule has 0 aliphatic heterocycles. The maximum Gasteiger partial charge on any atom is 0.0549 e. The van der Waals surface area contributed by atoms with Crippen molar-refractivity contribution in [2.24, 2.45) is 0 Å². The third-order valence-electron chi connectivity index (χ3n) is 4.18. The summed E-state index contributed by atoms with van der Waals surface area (Å²) >= 11 is 9.51. The summed E-state index contributed by atoms with van der Waals surface area (Å²) in [6, 6.07) is 13.2. The minimum Gasteiger partial charge on any atom is -0.378 e. The largest absolute Gasteiger partial charge is 0.378 e. The zero-order valence-electron chi connectivity index (χ0n) is 12.1. The molecule has 2 aromatic carbocycles. The smallest absolute Gasteiger partial charge is 0.0549 e. The highest BCUT2D eigenvalue weighted by Gasteiger charge is 2.12. The van der Waals surface area contributed by atoms with E-state index in [4.69, 9.17) is 11.6 Å². The number of rotatable bonds is 3. The zero-order valence-corrected chi connectivity index (χ0v) is 14.5. The van der Waals surface area contributed by atoms with Crippen LogP contribution in [-0.2, 0) is 12.8 Å². The van der Waals surface area contributed by atoms with Crippen LogP contribution in [0.3, 0.4) is 0 Å². The normalized spacial score (nSPS) is 15.4. The van der Waals surface area contributed by atoms with Crippen molar-refractivity contribution in [3.8, 4) is 0 Å². The Kier molecular flexibility index (Phi) is 4.56. The second-order valence-electron chi connectivity index (χ2n) is 5.73. The van der Waals surface area contributed by atoms with Crippen LogP contribution in [0, 0.1) is 0 Å². The predicted octanol–water partition coefficient (Wildman–Crippen LogP) is 6.15. The van der Waals surface area contributed by atoms with Gasteiger partial charge < -0.3 is 5.32 Å². The summed E-state index contributed by atoms with van der Waals surface area (Å²) < 4.78 is 0.923. The van der Waals surface area contributed by atoms with E-state index in [2.05, 4.69) is 46.4 Å². The molecule has 0 heterocycles. The number of anilines is 1. The van der Waals surface area contributed by atoms with Gasteiger partial charge >= 0.3 is 0 Å². The molecule has 1 nitrogen and oxygen atoms in total. The highest BCUT2D eigenvalue weighted by Crippen LogP contribution is 2.29. The van der Waals surface area contributed by atoms with Crippen LogP contribution in [0.25, 0.3) is 0 Å². The minimum atomic E-state index is 0.283. The molecule has 2 aromatic rings. The molecule has 0 aromatic heterocycles. The fraction of sp³-hybridized carbons (Fsp3) is 0.333. The Bertz CT molecular complexity index is 654. The Hall–Kier alpha value is -0.990. The number of hydrogen-bond donors (Lipinski definition) is 1. The SMILES string of the molecule is CC(Nc1ccc(Cl)c(Br)c1)c1ccc2c(c1)CCCC2. The molecule has 1 atom stereocenters. The molecule has 0 fully saturated rings. The van der Waals surface area contributed by atoms with Gasteiger partial charge in [0.25, 0.3) is 0 Å². The molecular weight excluding hydrogens is 346 g/mol. The lowest BCUT2D eigenvalue weighted by molar-refractivity contribution is 0.683. The maximum absolute atomic E-state index is 6.04. The van der Waals surface area contributed by atoms with Gasteiger partial charge in [0.1, 0.15) is 0 Å². The summed E-state index contributed by atoms with van der Waals surface area (Å²) in [5.41, 5.74) is 5.49. The number of halogens is 2. The van der Waals surface area contributed by atoms with E-state index < -0.39 is 0 Å². The summed E-state index contributed by atoms with van der Waals surface area (Å²) in [6.07, 6.45) is 5.12. The number of hydrogen-bond acceptors (Lipinski definition) is 1. The van der Waals surface area contributed by atoms with Crippen LogP contribution in [0.1, 0.15) is 42.5 Å². The fourth-order valence-corrected chi connectivity index (χ4v) is 3.44. The van der Waals surface area contributed by atoms with E-state index in [0.29, 0.717) is 0 Å². The first-order valence-corrected chi connectivity index (χ1v) is 8.64. The Balaban J connectivity index is 1.78. The molecule has 3 heteroatoms. The van der Waals surface area contributed by atoms with Gasteiger partial charge in [-0.1, -0.05) is 29.8 Å². The lowest BCUT2D eigenvalue weighted by atomic mass is 9.89. The molecule has 21 heavy (non-hydrogen) atoms. The van der Waals surface area contributed by atoms with E-state index in [1.807, 2.05) is 18.2 Å². The number of nitrogens with one attached hydrogen (secondary N) is 1. The van der Waals surface area contributed by atoms with Crippen LogP contribution in [0.5, 0.6) is 0 Å². The van der Waals surface area contributed by atoms with E-state index >= 15 is 0 Å². The van der Waals surface area contributed by atoms with Gasteiger partial charge in [0.2, 0.25) is 0 Å². The summed E-state index contributed by atoms with van der Waals surface area (Å²) in [6.45, 7) is 2.20. The Morgan fingerprint density at radius 2 is 1.81 bits per heavy atom. The lowest BCUT2D eigenvalue weighted by Crippen LogP contribution is -2.09. The maximum atomic E-state index is 6.04. The van der Waals surface area contributed by atoms with Crippen LogP contribution in [0.4, 0.5) is 5.69 Å².